The summed E-state index contributed by atoms with van der Waals surface area (Å²) < 4.78 is 27.4. The molecule has 2 amide bonds. The average Bonchev–Trinajstić information content (AvgIpc) is 2.99. The van der Waals surface area contributed by atoms with Gasteiger partial charge in [-0.3, -0.25) is 13.9 Å². The van der Waals surface area contributed by atoms with Crippen molar-refractivity contribution in [3.63, 3.8) is 0 Å². The molecule has 0 bridgehead atoms. The van der Waals surface area contributed by atoms with E-state index < -0.39 is 28.5 Å². The van der Waals surface area contributed by atoms with Gasteiger partial charge in [-0.2, -0.15) is 0 Å². The number of sulfonamides is 1. The van der Waals surface area contributed by atoms with Gasteiger partial charge < -0.3 is 10.2 Å². The van der Waals surface area contributed by atoms with Gasteiger partial charge in [-0.1, -0.05) is 99.0 Å². The Morgan fingerprint density at radius 3 is 2.14 bits per heavy atom. The molecule has 1 aliphatic carbocycles. The molecule has 3 aromatic rings. The molecule has 0 aliphatic heterocycles. The van der Waals surface area contributed by atoms with Crippen LogP contribution in [0.3, 0.4) is 0 Å². The summed E-state index contributed by atoms with van der Waals surface area (Å²) in [6.07, 6.45) is 7.20. The fourth-order valence-electron chi connectivity index (χ4n) is 5.72. The number of carbonyl (C=O) groups is 2. The van der Waals surface area contributed by atoms with E-state index in [-0.39, 0.29) is 18.5 Å². The standard InChI is InChI=1S/C34H43N3O4S/c1-4-28-18-13-14-22-31(28)37(42(3,40)41)25-33(38)36(24-29-19-12-11-15-26(29)2)32(23-27-16-7-5-8-17-27)34(39)35-30-20-9-6-10-21-30/h5,7-8,11-19,22,30,32H,4,6,9-10,20-21,23-25H2,1-3H3,(H,35,39)/t32-/m0/s1. The van der Waals surface area contributed by atoms with Crippen molar-refractivity contribution in [1.82, 2.24) is 10.2 Å². The minimum absolute atomic E-state index is 0.0730. The summed E-state index contributed by atoms with van der Waals surface area (Å²) in [7, 11) is -3.80. The molecule has 1 aliphatic rings. The van der Waals surface area contributed by atoms with Crippen molar-refractivity contribution in [3.8, 4) is 0 Å². The maximum atomic E-state index is 14.4. The molecule has 224 valence electrons. The fourth-order valence-corrected chi connectivity index (χ4v) is 6.60. The van der Waals surface area contributed by atoms with Crippen molar-refractivity contribution >= 4 is 27.5 Å². The Morgan fingerprint density at radius 1 is 0.881 bits per heavy atom. The molecule has 0 spiro atoms. The van der Waals surface area contributed by atoms with Crippen LogP contribution in [0.15, 0.2) is 78.9 Å². The number of anilines is 1. The maximum Gasteiger partial charge on any atom is 0.244 e. The van der Waals surface area contributed by atoms with Crippen LogP contribution in [0.5, 0.6) is 0 Å². The van der Waals surface area contributed by atoms with Crippen LogP contribution in [0.4, 0.5) is 5.69 Å². The first kappa shape index (κ1) is 31.3. The first-order valence-corrected chi connectivity index (χ1v) is 16.8. The fraction of sp³-hybridized carbons (Fsp3) is 0.412. The van der Waals surface area contributed by atoms with Crippen LogP contribution in [-0.4, -0.2) is 50.0 Å². The van der Waals surface area contributed by atoms with Crippen molar-refractivity contribution < 1.29 is 18.0 Å². The predicted octanol–water partition coefficient (Wildman–Crippen LogP) is 5.41. The molecule has 8 heteroatoms. The van der Waals surface area contributed by atoms with Gasteiger partial charge in [-0.25, -0.2) is 8.42 Å². The Bertz CT molecular complexity index is 1450. The Balaban J connectivity index is 1.75. The quantitative estimate of drug-likeness (QED) is 0.306. The number of rotatable bonds is 12. The number of benzene rings is 3. The molecular weight excluding hydrogens is 546 g/mol. The number of hydrogen-bond donors (Lipinski definition) is 1. The van der Waals surface area contributed by atoms with Gasteiger partial charge in [0, 0.05) is 19.0 Å². The summed E-state index contributed by atoms with van der Waals surface area (Å²) in [4.78, 5) is 30.0. The lowest BCUT2D eigenvalue weighted by atomic mass is 9.94. The van der Waals surface area contributed by atoms with Crippen molar-refractivity contribution in [1.29, 1.82) is 0 Å². The summed E-state index contributed by atoms with van der Waals surface area (Å²) in [5, 5.41) is 3.24. The second-order valence-corrected chi connectivity index (χ2v) is 13.2. The summed E-state index contributed by atoms with van der Waals surface area (Å²) in [6, 6.07) is 24.0. The molecular formula is C34H43N3O4S. The Labute approximate surface area is 251 Å². The van der Waals surface area contributed by atoms with Gasteiger partial charge >= 0.3 is 0 Å². The Hall–Kier alpha value is -3.65. The lowest BCUT2D eigenvalue weighted by Crippen LogP contribution is -2.55. The molecule has 1 atom stereocenters. The molecule has 0 saturated heterocycles. The first-order valence-electron chi connectivity index (χ1n) is 14.9. The summed E-state index contributed by atoms with van der Waals surface area (Å²) in [5.41, 5.74) is 4.15. The highest BCUT2D eigenvalue weighted by atomic mass is 32.2. The predicted molar refractivity (Wildman–Crippen MR) is 169 cm³/mol. The first-order chi connectivity index (χ1) is 20.2. The number of hydrogen-bond acceptors (Lipinski definition) is 4. The zero-order valence-electron chi connectivity index (χ0n) is 25.0. The molecule has 0 aromatic heterocycles. The third-order valence-corrected chi connectivity index (χ3v) is 9.27. The summed E-state index contributed by atoms with van der Waals surface area (Å²) in [5.74, 6) is -0.623. The average molecular weight is 590 g/mol. The molecule has 3 aromatic carbocycles. The van der Waals surface area contributed by atoms with Crippen LogP contribution in [0.1, 0.15) is 61.3 Å². The highest BCUT2D eigenvalue weighted by Crippen LogP contribution is 2.25. The molecule has 1 fully saturated rings. The second kappa shape index (κ2) is 14.5. The lowest BCUT2D eigenvalue weighted by Gasteiger charge is -2.35. The van der Waals surface area contributed by atoms with Crippen molar-refractivity contribution in [3.05, 3.63) is 101 Å². The SMILES string of the molecule is CCc1ccccc1N(CC(=O)N(Cc1ccccc1C)[C@@H](Cc1ccccc1)C(=O)NC1CCCCC1)S(C)(=O)=O. The monoisotopic (exact) mass is 589 g/mol. The topological polar surface area (TPSA) is 86.8 Å². The minimum Gasteiger partial charge on any atom is -0.352 e. The van der Waals surface area contributed by atoms with Crippen molar-refractivity contribution in [2.45, 2.75) is 77.4 Å². The van der Waals surface area contributed by atoms with Gasteiger partial charge in [0.1, 0.15) is 12.6 Å². The molecule has 42 heavy (non-hydrogen) atoms. The van der Waals surface area contributed by atoms with Crippen molar-refractivity contribution in [2.75, 3.05) is 17.1 Å². The van der Waals surface area contributed by atoms with E-state index in [4.69, 9.17) is 0 Å². The van der Waals surface area contributed by atoms with Crippen LogP contribution < -0.4 is 9.62 Å². The zero-order valence-corrected chi connectivity index (χ0v) is 25.8. The molecule has 0 heterocycles. The normalized spacial score (nSPS) is 14.6. The van der Waals surface area contributed by atoms with Crippen LogP contribution in [-0.2, 0) is 39.0 Å². The third kappa shape index (κ3) is 8.22. The van der Waals surface area contributed by atoms with Gasteiger partial charge in [0.2, 0.25) is 21.8 Å². The van der Waals surface area contributed by atoms with Gasteiger partial charge in [0.15, 0.2) is 0 Å². The van der Waals surface area contributed by atoms with E-state index >= 15 is 0 Å². The maximum absolute atomic E-state index is 14.4. The van der Waals surface area contributed by atoms with Gasteiger partial charge in [0.05, 0.1) is 11.9 Å². The van der Waals surface area contributed by atoms with Gasteiger partial charge in [-0.15, -0.1) is 0 Å². The van der Waals surface area contributed by atoms with E-state index in [1.807, 2.05) is 80.6 Å². The molecule has 1 saturated carbocycles. The number of para-hydroxylation sites is 1. The highest BCUT2D eigenvalue weighted by Gasteiger charge is 2.34. The Morgan fingerprint density at radius 2 is 1.50 bits per heavy atom. The van der Waals surface area contributed by atoms with Crippen molar-refractivity contribution in [2.24, 2.45) is 0 Å². The molecule has 4 rings (SSSR count). The second-order valence-electron chi connectivity index (χ2n) is 11.2. The number of aryl methyl sites for hydroxylation is 2. The third-order valence-electron chi connectivity index (χ3n) is 8.15. The smallest absolute Gasteiger partial charge is 0.244 e. The number of nitrogens with zero attached hydrogens (tertiary/aromatic N) is 2. The minimum atomic E-state index is -3.80. The van der Waals surface area contributed by atoms with E-state index in [0.29, 0.717) is 18.5 Å². The number of nitrogens with one attached hydrogen (secondary N) is 1. The van der Waals surface area contributed by atoms with Crippen LogP contribution in [0.2, 0.25) is 0 Å². The van der Waals surface area contributed by atoms with E-state index in [1.165, 1.54) is 4.31 Å². The highest BCUT2D eigenvalue weighted by molar-refractivity contribution is 7.92. The van der Waals surface area contributed by atoms with Crippen LogP contribution in [0.25, 0.3) is 0 Å². The van der Waals surface area contributed by atoms with Crippen LogP contribution in [0, 0.1) is 6.92 Å². The van der Waals surface area contributed by atoms with Crippen LogP contribution >= 0.6 is 0 Å². The number of amides is 2. The van der Waals surface area contributed by atoms with E-state index in [0.717, 1.165) is 60.6 Å². The number of carbonyl (C=O) groups excluding carboxylic acids is 2. The molecule has 1 N–H and O–H groups in total. The van der Waals surface area contributed by atoms with E-state index in [9.17, 15) is 18.0 Å². The largest absolute Gasteiger partial charge is 0.352 e. The van der Waals surface area contributed by atoms with E-state index in [1.54, 1.807) is 17.0 Å². The molecule has 0 radical (unpaired) electrons. The Kier molecular flexibility index (Phi) is 10.8. The summed E-state index contributed by atoms with van der Waals surface area (Å²) >= 11 is 0. The van der Waals surface area contributed by atoms with Gasteiger partial charge in [-0.05, 0) is 54.5 Å². The van der Waals surface area contributed by atoms with Gasteiger partial charge in [0.25, 0.3) is 0 Å². The van der Waals surface area contributed by atoms with E-state index in [2.05, 4.69) is 5.32 Å². The molecule has 0 unspecified atom stereocenters. The summed E-state index contributed by atoms with van der Waals surface area (Å²) in [6.45, 7) is 3.72. The lowest BCUT2D eigenvalue weighted by molar-refractivity contribution is -0.140. The molecule has 7 nitrogen and oxygen atoms in total. The zero-order chi connectivity index (χ0) is 30.1.